The highest BCUT2D eigenvalue weighted by Crippen LogP contribution is 2.27. The molecule has 3 rings (SSSR count). The van der Waals surface area contributed by atoms with Gasteiger partial charge < -0.3 is 25.0 Å². The SMILES string of the molecule is CC(C)(C)OC(=O)NC(C1CNC1)C1CCCN(C(=O)OCc2ccccc2)C1. The highest BCUT2D eigenvalue weighted by molar-refractivity contribution is 5.69. The molecule has 0 aromatic heterocycles. The van der Waals surface area contributed by atoms with E-state index >= 15 is 0 Å². The first-order chi connectivity index (χ1) is 13.8. The molecule has 29 heavy (non-hydrogen) atoms. The Morgan fingerprint density at radius 2 is 1.93 bits per heavy atom. The molecule has 2 heterocycles. The van der Waals surface area contributed by atoms with Crippen molar-refractivity contribution in [3.05, 3.63) is 35.9 Å². The number of rotatable bonds is 5. The monoisotopic (exact) mass is 403 g/mol. The maximum atomic E-state index is 12.6. The summed E-state index contributed by atoms with van der Waals surface area (Å²) in [6, 6.07) is 9.66. The highest BCUT2D eigenvalue weighted by atomic mass is 16.6. The van der Waals surface area contributed by atoms with Gasteiger partial charge in [-0.25, -0.2) is 9.59 Å². The molecular formula is C22H33N3O4. The summed E-state index contributed by atoms with van der Waals surface area (Å²) in [4.78, 5) is 26.7. The smallest absolute Gasteiger partial charge is 0.410 e. The molecule has 1 aromatic carbocycles. The van der Waals surface area contributed by atoms with Crippen LogP contribution in [-0.2, 0) is 16.1 Å². The Balaban J connectivity index is 1.57. The minimum atomic E-state index is -0.535. The lowest BCUT2D eigenvalue weighted by Gasteiger charge is -2.43. The molecule has 0 aliphatic carbocycles. The van der Waals surface area contributed by atoms with Crippen molar-refractivity contribution < 1.29 is 19.1 Å². The van der Waals surface area contributed by atoms with Crippen molar-refractivity contribution in [1.29, 1.82) is 0 Å². The summed E-state index contributed by atoms with van der Waals surface area (Å²) in [5.74, 6) is 0.542. The third-order valence-corrected chi connectivity index (χ3v) is 5.43. The number of nitrogens with one attached hydrogen (secondary N) is 2. The Morgan fingerprint density at radius 1 is 1.21 bits per heavy atom. The van der Waals surface area contributed by atoms with E-state index in [1.165, 1.54) is 0 Å². The Hall–Kier alpha value is -2.28. The molecular weight excluding hydrogens is 370 g/mol. The largest absolute Gasteiger partial charge is 0.445 e. The number of alkyl carbamates (subject to hydrolysis) is 1. The first kappa shape index (κ1) is 21.4. The summed E-state index contributed by atoms with van der Waals surface area (Å²) >= 11 is 0. The van der Waals surface area contributed by atoms with Gasteiger partial charge in [0.25, 0.3) is 0 Å². The molecule has 2 fully saturated rings. The van der Waals surface area contributed by atoms with Crippen LogP contribution in [0.4, 0.5) is 9.59 Å². The summed E-state index contributed by atoms with van der Waals surface area (Å²) in [7, 11) is 0. The minimum absolute atomic E-state index is 0.0178. The molecule has 0 saturated carbocycles. The molecule has 7 heteroatoms. The molecule has 1 aromatic rings. The maximum absolute atomic E-state index is 12.6. The van der Waals surface area contributed by atoms with Crippen molar-refractivity contribution >= 4 is 12.2 Å². The fourth-order valence-corrected chi connectivity index (χ4v) is 3.91. The summed E-state index contributed by atoms with van der Waals surface area (Å²) in [6.07, 6.45) is 1.19. The third kappa shape index (κ3) is 6.35. The van der Waals surface area contributed by atoms with Crippen LogP contribution in [0.1, 0.15) is 39.2 Å². The predicted octanol–water partition coefficient (Wildman–Crippen LogP) is 3.15. The van der Waals surface area contributed by atoms with Crippen LogP contribution in [0.15, 0.2) is 30.3 Å². The lowest BCUT2D eigenvalue weighted by atomic mass is 9.80. The molecule has 2 saturated heterocycles. The standard InChI is InChI=1S/C22H33N3O4/c1-22(2,3)29-20(26)24-19(18-12-23-13-18)17-10-7-11-25(14-17)21(27)28-15-16-8-5-4-6-9-16/h4-6,8-9,17-19,23H,7,10-15H2,1-3H3,(H,24,26). The predicted molar refractivity (Wildman–Crippen MR) is 110 cm³/mol. The zero-order valence-corrected chi connectivity index (χ0v) is 17.6. The fraction of sp³-hybridized carbons (Fsp3) is 0.636. The van der Waals surface area contributed by atoms with E-state index in [1.54, 1.807) is 4.90 Å². The summed E-state index contributed by atoms with van der Waals surface area (Å²) < 4.78 is 11.0. The van der Waals surface area contributed by atoms with Gasteiger partial charge in [-0.3, -0.25) is 0 Å². The molecule has 2 aliphatic heterocycles. The first-order valence-electron chi connectivity index (χ1n) is 10.5. The van der Waals surface area contributed by atoms with E-state index in [0.717, 1.165) is 31.5 Å². The number of hydrogen-bond donors (Lipinski definition) is 2. The molecule has 0 radical (unpaired) electrons. The van der Waals surface area contributed by atoms with Gasteiger partial charge in [-0.2, -0.15) is 0 Å². The van der Waals surface area contributed by atoms with E-state index in [1.807, 2.05) is 51.1 Å². The van der Waals surface area contributed by atoms with Crippen LogP contribution in [0.2, 0.25) is 0 Å². The van der Waals surface area contributed by atoms with Crippen LogP contribution in [0, 0.1) is 11.8 Å². The normalized spacial score (nSPS) is 21.1. The van der Waals surface area contributed by atoms with Crippen molar-refractivity contribution in [2.45, 2.75) is 51.9 Å². The van der Waals surface area contributed by atoms with Gasteiger partial charge in [0.2, 0.25) is 0 Å². The average molecular weight is 404 g/mol. The maximum Gasteiger partial charge on any atom is 0.410 e. The quantitative estimate of drug-likeness (QED) is 0.790. The van der Waals surface area contributed by atoms with Gasteiger partial charge in [0.05, 0.1) is 0 Å². The van der Waals surface area contributed by atoms with E-state index in [2.05, 4.69) is 10.6 Å². The molecule has 2 unspecified atom stereocenters. The molecule has 0 bridgehead atoms. The van der Waals surface area contributed by atoms with Crippen LogP contribution in [0.25, 0.3) is 0 Å². The van der Waals surface area contributed by atoms with Crippen LogP contribution in [0.3, 0.4) is 0 Å². The molecule has 2 atom stereocenters. The number of amides is 2. The average Bonchev–Trinajstić information content (AvgIpc) is 2.63. The Morgan fingerprint density at radius 3 is 2.55 bits per heavy atom. The van der Waals surface area contributed by atoms with E-state index in [0.29, 0.717) is 19.0 Å². The zero-order chi connectivity index (χ0) is 20.9. The van der Waals surface area contributed by atoms with Crippen molar-refractivity contribution in [1.82, 2.24) is 15.5 Å². The van der Waals surface area contributed by atoms with Crippen LogP contribution < -0.4 is 10.6 Å². The Labute approximate surface area is 173 Å². The highest BCUT2D eigenvalue weighted by Gasteiger charge is 2.38. The van der Waals surface area contributed by atoms with Gasteiger partial charge in [0, 0.05) is 38.1 Å². The second kappa shape index (κ2) is 9.48. The van der Waals surface area contributed by atoms with Crippen molar-refractivity contribution in [3.8, 4) is 0 Å². The number of benzene rings is 1. The summed E-state index contributed by atoms with van der Waals surface area (Å²) in [5, 5.41) is 6.36. The topological polar surface area (TPSA) is 79.9 Å². The van der Waals surface area contributed by atoms with Crippen LogP contribution in [0.5, 0.6) is 0 Å². The van der Waals surface area contributed by atoms with Gasteiger partial charge in [-0.15, -0.1) is 0 Å². The van der Waals surface area contributed by atoms with E-state index in [9.17, 15) is 9.59 Å². The minimum Gasteiger partial charge on any atom is -0.445 e. The van der Waals surface area contributed by atoms with Gasteiger partial charge in [-0.1, -0.05) is 30.3 Å². The number of hydrogen-bond acceptors (Lipinski definition) is 5. The number of piperidine rings is 1. The number of likely N-dealkylation sites (tertiary alicyclic amines) is 1. The summed E-state index contributed by atoms with van der Waals surface area (Å²) in [5.41, 5.74) is 0.436. The van der Waals surface area contributed by atoms with E-state index < -0.39 is 11.7 Å². The zero-order valence-electron chi connectivity index (χ0n) is 17.6. The van der Waals surface area contributed by atoms with Crippen molar-refractivity contribution in [3.63, 3.8) is 0 Å². The van der Waals surface area contributed by atoms with Gasteiger partial charge in [-0.05, 0) is 45.1 Å². The number of carbonyl (C=O) groups excluding carboxylic acids is 2. The second-order valence-corrected chi connectivity index (χ2v) is 8.98. The molecule has 2 N–H and O–H groups in total. The summed E-state index contributed by atoms with van der Waals surface area (Å²) in [6.45, 7) is 8.86. The van der Waals surface area contributed by atoms with Crippen molar-refractivity contribution in [2.24, 2.45) is 11.8 Å². The molecule has 2 aliphatic rings. The lowest BCUT2D eigenvalue weighted by molar-refractivity contribution is 0.0365. The van der Waals surface area contributed by atoms with Gasteiger partial charge in [0.15, 0.2) is 0 Å². The molecule has 160 valence electrons. The lowest BCUT2D eigenvalue weighted by Crippen LogP contribution is -2.60. The van der Waals surface area contributed by atoms with Crippen molar-refractivity contribution in [2.75, 3.05) is 26.2 Å². The third-order valence-electron chi connectivity index (χ3n) is 5.43. The number of nitrogens with zero attached hydrogens (tertiary/aromatic N) is 1. The van der Waals surface area contributed by atoms with Crippen LogP contribution in [-0.4, -0.2) is 54.9 Å². The number of ether oxygens (including phenoxy) is 2. The number of carbonyl (C=O) groups is 2. The van der Waals surface area contributed by atoms with E-state index in [-0.39, 0.29) is 24.7 Å². The molecule has 0 spiro atoms. The van der Waals surface area contributed by atoms with E-state index in [4.69, 9.17) is 9.47 Å². The molecule has 2 amide bonds. The van der Waals surface area contributed by atoms with Crippen LogP contribution >= 0.6 is 0 Å². The fourth-order valence-electron chi connectivity index (χ4n) is 3.91. The Kier molecular flexibility index (Phi) is 7.00. The molecule has 7 nitrogen and oxygen atoms in total. The first-order valence-corrected chi connectivity index (χ1v) is 10.5. The second-order valence-electron chi connectivity index (χ2n) is 8.98. The Bertz CT molecular complexity index is 685. The van der Waals surface area contributed by atoms with Gasteiger partial charge >= 0.3 is 12.2 Å². The van der Waals surface area contributed by atoms with Gasteiger partial charge in [0.1, 0.15) is 12.2 Å².